The summed E-state index contributed by atoms with van der Waals surface area (Å²) in [6.07, 6.45) is 6.45. The second kappa shape index (κ2) is 5.64. The Kier molecular flexibility index (Phi) is 3.85. The Balaban J connectivity index is 1.62. The van der Waals surface area contributed by atoms with Crippen LogP contribution in [0, 0.1) is 5.41 Å². The average molecular weight is 290 g/mol. The molecular weight excluding hydrogens is 268 g/mol. The van der Waals surface area contributed by atoms with E-state index >= 15 is 0 Å². The maximum Gasteiger partial charge on any atom is 0.255 e. The molecule has 1 atom stereocenters. The van der Waals surface area contributed by atoms with Gasteiger partial charge >= 0.3 is 0 Å². The Morgan fingerprint density at radius 3 is 2.52 bits per heavy atom. The monoisotopic (exact) mass is 290 g/mol. The van der Waals surface area contributed by atoms with Crippen molar-refractivity contribution >= 4 is 5.91 Å². The van der Waals surface area contributed by atoms with Crippen LogP contribution in [0.1, 0.15) is 36.0 Å². The summed E-state index contributed by atoms with van der Waals surface area (Å²) < 4.78 is 10.6. The zero-order chi connectivity index (χ0) is 14.9. The van der Waals surface area contributed by atoms with Crippen molar-refractivity contribution in [3.63, 3.8) is 0 Å². The van der Waals surface area contributed by atoms with E-state index in [0.29, 0.717) is 23.0 Å². The molecule has 21 heavy (non-hydrogen) atoms. The Labute approximate surface area is 125 Å². The van der Waals surface area contributed by atoms with Crippen LogP contribution in [0.4, 0.5) is 0 Å². The molecule has 1 saturated heterocycles. The standard InChI is InChI=1S/C16H22N2O3/c1-20-13-5-6-16(13)7-9-18(10-8-16)15(19)12-3-4-14(21-2)17-11-12/h3-4,11,13H,5-10H2,1-2H3. The fourth-order valence-corrected chi connectivity index (χ4v) is 3.58. The normalized spacial score (nSPS) is 23.7. The Bertz CT molecular complexity index is 505. The Morgan fingerprint density at radius 2 is 2.05 bits per heavy atom. The van der Waals surface area contributed by atoms with Crippen molar-refractivity contribution in [1.29, 1.82) is 0 Å². The van der Waals surface area contributed by atoms with E-state index in [9.17, 15) is 4.79 Å². The minimum atomic E-state index is 0.0632. The minimum absolute atomic E-state index is 0.0632. The number of aromatic nitrogens is 1. The number of hydrogen-bond donors (Lipinski definition) is 0. The highest BCUT2D eigenvalue weighted by Gasteiger charge is 2.48. The van der Waals surface area contributed by atoms with E-state index in [1.807, 2.05) is 4.90 Å². The first-order valence-electron chi connectivity index (χ1n) is 7.51. The lowest BCUT2D eigenvalue weighted by Gasteiger charge is -2.53. The third-order valence-corrected chi connectivity index (χ3v) is 5.11. The number of likely N-dealkylation sites (tertiary alicyclic amines) is 1. The summed E-state index contributed by atoms with van der Waals surface area (Å²) in [7, 11) is 3.37. The number of piperidine rings is 1. The number of carbonyl (C=O) groups is 1. The highest BCUT2D eigenvalue weighted by atomic mass is 16.5. The molecule has 1 aromatic heterocycles. The summed E-state index contributed by atoms with van der Waals surface area (Å²) >= 11 is 0. The fourth-order valence-electron chi connectivity index (χ4n) is 3.58. The highest BCUT2D eigenvalue weighted by Crippen LogP contribution is 2.50. The molecular formula is C16H22N2O3. The number of rotatable bonds is 3. The Morgan fingerprint density at radius 1 is 1.29 bits per heavy atom. The van der Waals surface area contributed by atoms with Crippen molar-refractivity contribution in [3.8, 4) is 5.88 Å². The molecule has 114 valence electrons. The molecule has 0 N–H and O–H groups in total. The second-order valence-corrected chi connectivity index (χ2v) is 6.01. The van der Waals surface area contributed by atoms with Crippen LogP contribution in [0.5, 0.6) is 5.88 Å². The Hall–Kier alpha value is -1.62. The third kappa shape index (κ3) is 2.50. The van der Waals surface area contributed by atoms with E-state index in [1.54, 1.807) is 32.5 Å². The maximum atomic E-state index is 12.5. The van der Waals surface area contributed by atoms with E-state index < -0.39 is 0 Å². The fraction of sp³-hybridized carbons (Fsp3) is 0.625. The van der Waals surface area contributed by atoms with Gasteiger partial charge in [-0.15, -0.1) is 0 Å². The lowest BCUT2D eigenvalue weighted by atomic mass is 9.60. The van der Waals surface area contributed by atoms with E-state index in [0.717, 1.165) is 32.4 Å². The van der Waals surface area contributed by atoms with Gasteiger partial charge in [0.15, 0.2) is 0 Å². The van der Waals surface area contributed by atoms with Gasteiger partial charge in [0, 0.05) is 37.9 Å². The molecule has 1 saturated carbocycles. The van der Waals surface area contributed by atoms with Gasteiger partial charge in [0.2, 0.25) is 5.88 Å². The van der Waals surface area contributed by atoms with Gasteiger partial charge in [-0.2, -0.15) is 0 Å². The predicted octanol–water partition coefficient (Wildman–Crippen LogP) is 2.12. The van der Waals surface area contributed by atoms with Gasteiger partial charge in [0.05, 0.1) is 18.8 Å². The third-order valence-electron chi connectivity index (χ3n) is 5.11. The molecule has 0 aromatic carbocycles. The topological polar surface area (TPSA) is 51.7 Å². The van der Waals surface area contributed by atoms with Gasteiger partial charge in [0.1, 0.15) is 0 Å². The van der Waals surface area contributed by atoms with Crippen molar-refractivity contribution in [2.24, 2.45) is 5.41 Å². The zero-order valence-electron chi connectivity index (χ0n) is 12.7. The summed E-state index contributed by atoms with van der Waals surface area (Å²) in [5, 5.41) is 0. The summed E-state index contributed by atoms with van der Waals surface area (Å²) in [4.78, 5) is 18.5. The van der Waals surface area contributed by atoms with Crippen molar-refractivity contribution < 1.29 is 14.3 Å². The first-order chi connectivity index (χ1) is 10.2. The first kappa shape index (κ1) is 14.3. The summed E-state index contributed by atoms with van der Waals surface area (Å²) in [6, 6.07) is 3.51. The van der Waals surface area contributed by atoms with E-state index in [-0.39, 0.29) is 5.91 Å². The minimum Gasteiger partial charge on any atom is -0.481 e. The number of hydrogen-bond acceptors (Lipinski definition) is 4. The van der Waals surface area contributed by atoms with Gasteiger partial charge in [-0.1, -0.05) is 0 Å². The molecule has 0 radical (unpaired) electrons. The first-order valence-corrected chi connectivity index (χ1v) is 7.51. The van der Waals surface area contributed by atoms with Gasteiger partial charge in [-0.3, -0.25) is 4.79 Å². The molecule has 1 unspecified atom stereocenters. The van der Waals surface area contributed by atoms with Crippen LogP contribution in [0.3, 0.4) is 0 Å². The van der Waals surface area contributed by atoms with Crippen LogP contribution in [0.15, 0.2) is 18.3 Å². The van der Waals surface area contributed by atoms with Crippen molar-refractivity contribution in [2.45, 2.75) is 31.8 Å². The molecule has 1 spiro atoms. The van der Waals surface area contributed by atoms with Crippen LogP contribution in [0.25, 0.3) is 0 Å². The lowest BCUT2D eigenvalue weighted by molar-refractivity contribution is -0.116. The number of amides is 1. The van der Waals surface area contributed by atoms with Crippen molar-refractivity contribution in [1.82, 2.24) is 9.88 Å². The molecule has 5 heteroatoms. The van der Waals surface area contributed by atoms with Crippen LogP contribution in [-0.2, 0) is 4.74 Å². The molecule has 5 nitrogen and oxygen atoms in total. The highest BCUT2D eigenvalue weighted by molar-refractivity contribution is 5.94. The summed E-state index contributed by atoms with van der Waals surface area (Å²) in [6.45, 7) is 1.62. The number of methoxy groups -OCH3 is 2. The number of pyridine rings is 1. The molecule has 1 aliphatic carbocycles. The molecule has 1 amide bonds. The van der Waals surface area contributed by atoms with Crippen LogP contribution in [0.2, 0.25) is 0 Å². The molecule has 0 bridgehead atoms. The molecule has 1 aromatic rings. The van der Waals surface area contributed by atoms with Crippen LogP contribution < -0.4 is 4.74 Å². The van der Waals surface area contributed by atoms with Crippen LogP contribution >= 0.6 is 0 Å². The van der Waals surface area contributed by atoms with Crippen LogP contribution in [-0.4, -0.2) is 49.2 Å². The van der Waals surface area contributed by atoms with Crippen molar-refractivity contribution in [3.05, 3.63) is 23.9 Å². The molecule has 3 rings (SSSR count). The van der Waals surface area contributed by atoms with E-state index in [2.05, 4.69) is 4.98 Å². The van der Waals surface area contributed by atoms with Crippen molar-refractivity contribution in [2.75, 3.05) is 27.3 Å². The van der Waals surface area contributed by atoms with E-state index in [1.165, 1.54) is 6.42 Å². The molecule has 2 aliphatic rings. The van der Waals surface area contributed by atoms with E-state index in [4.69, 9.17) is 9.47 Å². The predicted molar refractivity (Wildman–Crippen MR) is 78.4 cm³/mol. The smallest absolute Gasteiger partial charge is 0.255 e. The summed E-state index contributed by atoms with van der Waals surface area (Å²) in [5.41, 5.74) is 0.951. The summed E-state index contributed by atoms with van der Waals surface area (Å²) in [5.74, 6) is 0.592. The lowest BCUT2D eigenvalue weighted by Crippen LogP contribution is -2.53. The SMILES string of the molecule is COc1ccc(C(=O)N2CCC3(CCC3OC)CC2)cn1. The molecule has 2 heterocycles. The van der Waals surface area contributed by atoms with Gasteiger partial charge in [-0.05, 0) is 31.7 Å². The largest absolute Gasteiger partial charge is 0.481 e. The quantitative estimate of drug-likeness (QED) is 0.855. The maximum absolute atomic E-state index is 12.5. The zero-order valence-corrected chi connectivity index (χ0v) is 12.7. The molecule has 2 fully saturated rings. The van der Waals surface area contributed by atoms with Gasteiger partial charge in [0.25, 0.3) is 5.91 Å². The van der Waals surface area contributed by atoms with Gasteiger partial charge < -0.3 is 14.4 Å². The second-order valence-electron chi connectivity index (χ2n) is 6.01. The number of nitrogens with zero attached hydrogens (tertiary/aromatic N) is 2. The number of carbonyl (C=O) groups excluding carboxylic acids is 1. The average Bonchev–Trinajstić information content (AvgIpc) is 2.54. The number of ether oxygens (including phenoxy) is 2. The molecule has 1 aliphatic heterocycles. The van der Waals surface area contributed by atoms with Gasteiger partial charge in [-0.25, -0.2) is 4.98 Å².